The molecule has 0 fully saturated rings. The first kappa shape index (κ1) is 20.0. The van der Waals surface area contributed by atoms with Crippen molar-refractivity contribution in [1.82, 2.24) is 4.57 Å². The zero-order valence-electron chi connectivity index (χ0n) is 20.5. The number of fused-ring (bicyclic) bond motifs is 13. The number of aromatic nitrogens is 1. The Kier molecular flexibility index (Phi) is 3.82. The highest BCUT2D eigenvalue weighted by molar-refractivity contribution is 6.35. The first-order chi connectivity index (χ1) is 18.9. The van der Waals surface area contributed by atoms with Gasteiger partial charge in [-0.05, 0) is 57.3 Å². The van der Waals surface area contributed by atoms with Crippen LogP contribution >= 0.6 is 0 Å². The van der Waals surface area contributed by atoms with Crippen molar-refractivity contribution in [2.24, 2.45) is 0 Å². The second kappa shape index (κ2) is 7.24. The summed E-state index contributed by atoms with van der Waals surface area (Å²) < 4.78 is 8.64. The molecule has 0 amide bonds. The molecule has 0 aliphatic rings. The van der Waals surface area contributed by atoms with Crippen LogP contribution in [0.4, 0.5) is 0 Å². The summed E-state index contributed by atoms with van der Waals surface area (Å²) >= 11 is 0. The highest BCUT2D eigenvalue weighted by atomic mass is 16.3. The average molecular weight is 484 g/mol. The minimum absolute atomic E-state index is 0.913. The van der Waals surface area contributed by atoms with Gasteiger partial charge in [-0.1, -0.05) is 97.1 Å². The smallest absolute Gasteiger partial charge is 0.135 e. The number of rotatable bonds is 1. The first-order valence-electron chi connectivity index (χ1n) is 13.0. The maximum absolute atomic E-state index is 6.18. The lowest BCUT2D eigenvalue weighted by molar-refractivity contribution is 0.669. The summed E-state index contributed by atoms with van der Waals surface area (Å²) in [4.78, 5) is 0. The van der Waals surface area contributed by atoms with Gasteiger partial charge in [0.05, 0.1) is 11.0 Å². The van der Waals surface area contributed by atoms with Gasteiger partial charge in [-0.15, -0.1) is 0 Å². The molecule has 7 aromatic carbocycles. The van der Waals surface area contributed by atoms with Crippen LogP contribution < -0.4 is 0 Å². The van der Waals surface area contributed by atoms with E-state index in [9.17, 15) is 0 Å². The van der Waals surface area contributed by atoms with Crippen molar-refractivity contribution in [2.45, 2.75) is 0 Å². The molecular formula is C36H21NO. The van der Waals surface area contributed by atoms with Crippen LogP contribution in [0.3, 0.4) is 0 Å². The molecule has 0 aliphatic heterocycles. The van der Waals surface area contributed by atoms with Gasteiger partial charge in [-0.25, -0.2) is 0 Å². The lowest BCUT2D eigenvalue weighted by atomic mass is 9.95. The Labute approximate surface area is 217 Å². The van der Waals surface area contributed by atoms with Crippen molar-refractivity contribution >= 4 is 76.1 Å². The van der Waals surface area contributed by atoms with Crippen LogP contribution in [-0.4, -0.2) is 4.57 Å². The van der Waals surface area contributed by atoms with Gasteiger partial charge >= 0.3 is 0 Å². The lowest BCUT2D eigenvalue weighted by Crippen LogP contribution is -1.94. The fourth-order valence-electron chi connectivity index (χ4n) is 6.56. The topological polar surface area (TPSA) is 18.1 Å². The van der Waals surface area contributed by atoms with E-state index in [-0.39, 0.29) is 0 Å². The van der Waals surface area contributed by atoms with Crippen LogP contribution in [0.1, 0.15) is 0 Å². The SMILES string of the molecule is c1ccc2c(c1)ccc1c2c2c3ccccc3c3ccccc3c2n1-c1ccc2oc3ccccc3c2c1. The monoisotopic (exact) mass is 483 g/mol. The number of furan rings is 1. The lowest BCUT2D eigenvalue weighted by Gasteiger charge is -2.12. The molecule has 0 unspecified atom stereocenters. The van der Waals surface area contributed by atoms with Gasteiger partial charge in [0.2, 0.25) is 0 Å². The van der Waals surface area contributed by atoms with Crippen molar-refractivity contribution in [3.05, 3.63) is 127 Å². The Morgan fingerprint density at radius 3 is 1.89 bits per heavy atom. The highest BCUT2D eigenvalue weighted by Crippen LogP contribution is 2.45. The third kappa shape index (κ3) is 2.51. The van der Waals surface area contributed by atoms with Gasteiger partial charge < -0.3 is 8.98 Å². The van der Waals surface area contributed by atoms with Crippen LogP contribution in [0.2, 0.25) is 0 Å². The molecule has 9 rings (SSSR count). The van der Waals surface area contributed by atoms with Crippen molar-refractivity contribution in [1.29, 1.82) is 0 Å². The molecule has 0 radical (unpaired) electrons. The predicted molar refractivity (Wildman–Crippen MR) is 161 cm³/mol. The molecule has 0 saturated heterocycles. The van der Waals surface area contributed by atoms with Crippen LogP contribution in [0.25, 0.3) is 81.7 Å². The van der Waals surface area contributed by atoms with Gasteiger partial charge in [-0.2, -0.15) is 0 Å². The maximum atomic E-state index is 6.18. The largest absolute Gasteiger partial charge is 0.456 e. The van der Waals surface area contributed by atoms with E-state index in [1.165, 1.54) is 54.1 Å². The standard InChI is InChI=1S/C36H21NO/c1-2-10-24-22(9-1)17-19-31-34(24)35-28-14-5-3-11-25(28)26-12-4-6-15-29(26)36(35)37(31)23-18-20-33-30(21-23)27-13-7-8-16-32(27)38-33/h1-21H. The highest BCUT2D eigenvalue weighted by Gasteiger charge is 2.21. The quantitative estimate of drug-likeness (QED) is 0.212. The van der Waals surface area contributed by atoms with Crippen LogP contribution in [0, 0.1) is 0 Å². The van der Waals surface area contributed by atoms with Gasteiger partial charge in [0.1, 0.15) is 11.2 Å². The number of hydrogen-bond donors (Lipinski definition) is 0. The van der Waals surface area contributed by atoms with Crippen molar-refractivity contribution in [2.75, 3.05) is 0 Å². The molecule has 2 aromatic heterocycles. The number of para-hydroxylation sites is 1. The molecule has 0 N–H and O–H groups in total. The summed E-state index contributed by atoms with van der Waals surface area (Å²) in [5.41, 5.74) is 5.44. The summed E-state index contributed by atoms with van der Waals surface area (Å²) in [6.07, 6.45) is 0. The third-order valence-corrected chi connectivity index (χ3v) is 8.15. The summed E-state index contributed by atoms with van der Waals surface area (Å²) in [7, 11) is 0. The molecule has 0 aliphatic carbocycles. The fourth-order valence-corrected chi connectivity index (χ4v) is 6.56. The van der Waals surface area contributed by atoms with E-state index in [0.29, 0.717) is 0 Å². The Morgan fingerprint density at radius 1 is 0.421 bits per heavy atom. The Balaban J connectivity index is 1.57. The van der Waals surface area contributed by atoms with E-state index in [0.717, 1.165) is 27.6 Å². The molecule has 2 heteroatoms. The maximum Gasteiger partial charge on any atom is 0.135 e. The molecule has 0 spiro atoms. The minimum Gasteiger partial charge on any atom is -0.456 e. The molecular weight excluding hydrogens is 462 g/mol. The van der Waals surface area contributed by atoms with Crippen LogP contribution in [0.15, 0.2) is 132 Å². The molecule has 2 nitrogen and oxygen atoms in total. The number of nitrogens with zero attached hydrogens (tertiary/aromatic N) is 1. The van der Waals surface area contributed by atoms with E-state index in [1.807, 2.05) is 12.1 Å². The molecule has 0 saturated carbocycles. The van der Waals surface area contributed by atoms with Gasteiger partial charge in [0, 0.05) is 32.6 Å². The van der Waals surface area contributed by atoms with Gasteiger partial charge in [0.15, 0.2) is 0 Å². The van der Waals surface area contributed by atoms with E-state index in [2.05, 4.69) is 120 Å². The van der Waals surface area contributed by atoms with E-state index in [1.54, 1.807) is 0 Å². The summed E-state index contributed by atoms with van der Waals surface area (Å²) in [6, 6.07) is 45.9. The second-order valence-electron chi connectivity index (χ2n) is 10.1. The van der Waals surface area contributed by atoms with Gasteiger partial charge in [-0.3, -0.25) is 0 Å². The first-order valence-corrected chi connectivity index (χ1v) is 13.0. The molecule has 0 bridgehead atoms. The molecule has 176 valence electrons. The molecule has 38 heavy (non-hydrogen) atoms. The second-order valence-corrected chi connectivity index (χ2v) is 10.1. The van der Waals surface area contributed by atoms with Gasteiger partial charge in [0.25, 0.3) is 0 Å². The number of benzene rings is 7. The Bertz CT molecular complexity index is 2400. The fraction of sp³-hybridized carbons (Fsp3) is 0. The molecule has 9 aromatic rings. The summed E-state index contributed by atoms with van der Waals surface area (Å²) in [5, 5.41) is 12.6. The Hall–Kier alpha value is -5.08. The van der Waals surface area contributed by atoms with E-state index < -0.39 is 0 Å². The summed E-state index contributed by atoms with van der Waals surface area (Å²) in [6.45, 7) is 0. The molecule has 2 heterocycles. The number of hydrogen-bond acceptors (Lipinski definition) is 1. The zero-order valence-corrected chi connectivity index (χ0v) is 20.5. The normalized spacial score (nSPS) is 12.2. The van der Waals surface area contributed by atoms with E-state index in [4.69, 9.17) is 4.42 Å². The van der Waals surface area contributed by atoms with E-state index >= 15 is 0 Å². The zero-order chi connectivity index (χ0) is 24.8. The van der Waals surface area contributed by atoms with Crippen molar-refractivity contribution in [3.63, 3.8) is 0 Å². The Morgan fingerprint density at radius 2 is 1.05 bits per heavy atom. The predicted octanol–water partition coefficient (Wildman–Crippen LogP) is 10.1. The summed E-state index contributed by atoms with van der Waals surface area (Å²) in [5.74, 6) is 0. The van der Waals surface area contributed by atoms with Crippen LogP contribution in [-0.2, 0) is 0 Å². The minimum atomic E-state index is 0.913. The third-order valence-electron chi connectivity index (χ3n) is 8.15. The van der Waals surface area contributed by atoms with Crippen molar-refractivity contribution < 1.29 is 4.42 Å². The van der Waals surface area contributed by atoms with Crippen LogP contribution in [0.5, 0.6) is 0 Å². The average Bonchev–Trinajstić information content (AvgIpc) is 3.53. The molecule has 0 atom stereocenters. The van der Waals surface area contributed by atoms with Crippen molar-refractivity contribution in [3.8, 4) is 5.69 Å².